The molecule has 0 aliphatic carbocycles. The van der Waals surface area contributed by atoms with Gasteiger partial charge >= 0.3 is 0 Å². The van der Waals surface area contributed by atoms with Gasteiger partial charge in [-0.1, -0.05) is 23.4 Å². The van der Waals surface area contributed by atoms with Gasteiger partial charge in [-0.2, -0.15) is 0 Å². The molecule has 1 unspecified atom stereocenters. The fraction of sp³-hybridized carbons (Fsp3) is 0.333. The maximum absolute atomic E-state index is 12.7. The number of benzene rings is 1. The zero-order valence-electron chi connectivity index (χ0n) is 16.5. The summed E-state index contributed by atoms with van der Waals surface area (Å²) >= 11 is 0. The van der Waals surface area contributed by atoms with E-state index in [1.54, 1.807) is 0 Å². The summed E-state index contributed by atoms with van der Waals surface area (Å²) in [6.07, 6.45) is 0. The van der Waals surface area contributed by atoms with E-state index in [4.69, 9.17) is 4.52 Å². The molecule has 0 radical (unpaired) electrons. The minimum absolute atomic E-state index is 0.0807. The lowest BCUT2D eigenvalue weighted by Crippen LogP contribution is -2.40. The molecule has 6 heteroatoms. The highest BCUT2D eigenvalue weighted by molar-refractivity contribution is 5.95. The summed E-state index contributed by atoms with van der Waals surface area (Å²) in [5, 5.41) is 7.11. The van der Waals surface area contributed by atoms with Crippen molar-refractivity contribution in [3.8, 4) is 5.82 Å². The van der Waals surface area contributed by atoms with Gasteiger partial charge in [0.05, 0.1) is 5.56 Å². The lowest BCUT2D eigenvalue weighted by Gasteiger charge is -2.27. The molecule has 1 atom stereocenters. The molecule has 0 aliphatic rings. The van der Waals surface area contributed by atoms with Crippen LogP contribution in [0.3, 0.4) is 0 Å². The predicted octanol–water partition coefficient (Wildman–Crippen LogP) is 3.65. The van der Waals surface area contributed by atoms with Crippen LogP contribution in [-0.4, -0.2) is 35.3 Å². The Morgan fingerprint density at radius 2 is 1.93 bits per heavy atom. The lowest BCUT2D eigenvalue weighted by molar-refractivity contribution is 0.0951. The van der Waals surface area contributed by atoms with Crippen LogP contribution in [0.2, 0.25) is 0 Å². The van der Waals surface area contributed by atoms with E-state index in [2.05, 4.69) is 34.4 Å². The minimum Gasteiger partial charge on any atom is -0.370 e. The number of likely N-dealkylation sites (N-methyl/N-ethyl adjacent to an activating group) is 1. The van der Waals surface area contributed by atoms with Crippen molar-refractivity contribution in [2.24, 2.45) is 0 Å². The highest BCUT2D eigenvalue weighted by Crippen LogP contribution is 2.21. The Balaban J connectivity index is 1.70. The maximum atomic E-state index is 12.7. The third kappa shape index (κ3) is 3.89. The lowest BCUT2D eigenvalue weighted by atomic mass is 10.2. The fourth-order valence-corrected chi connectivity index (χ4v) is 3.19. The molecule has 0 spiro atoms. The van der Waals surface area contributed by atoms with Crippen molar-refractivity contribution in [1.29, 1.82) is 0 Å². The number of carbonyl (C=O) groups excluding carboxylic acids is 1. The quantitative estimate of drug-likeness (QED) is 0.723. The van der Waals surface area contributed by atoms with Gasteiger partial charge in [-0.05, 0) is 45.9 Å². The number of nitrogens with one attached hydrogen (secondary N) is 1. The van der Waals surface area contributed by atoms with Gasteiger partial charge in [-0.3, -0.25) is 9.36 Å². The van der Waals surface area contributed by atoms with Crippen molar-refractivity contribution < 1.29 is 9.32 Å². The van der Waals surface area contributed by atoms with Crippen molar-refractivity contribution in [1.82, 2.24) is 15.0 Å². The zero-order chi connectivity index (χ0) is 19.6. The van der Waals surface area contributed by atoms with Gasteiger partial charge in [0, 0.05) is 42.8 Å². The smallest absolute Gasteiger partial charge is 0.253 e. The predicted molar refractivity (Wildman–Crippen MR) is 107 cm³/mol. The van der Waals surface area contributed by atoms with Crippen molar-refractivity contribution in [2.45, 2.75) is 33.7 Å². The van der Waals surface area contributed by atoms with Crippen LogP contribution in [0, 0.1) is 20.8 Å². The van der Waals surface area contributed by atoms with Crippen molar-refractivity contribution in [3.63, 3.8) is 0 Å². The number of para-hydroxylation sites is 1. The fourth-order valence-electron chi connectivity index (χ4n) is 3.19. The molecule has 2 heterocycles. The van der Waals surface area contributed by atoms with Gasteiger partial charge in [0.25, 0.3) is 5.91 Å². The average Bonchev–Trinajstić information content (AvgIpc) is 3.21. The van der Waals surface area contributed by atoms with Crippen LogP contribution in [0.4, 0.5) is 5.69 Å². The monoisotopic (exact) mass is 366 g/mol. The van der Waals surface area contributed by atoms with Crippen molar-refractivity contribution in [2.75, 3.05) is 18.5 Å². The van der Waals surface area contributed by atoms with E-state index in [0.717, 1.165) is 22.8 Å². The maximum Gasteiger partial charge on any atom is 0.253 e. The largest absolute Gasteiger partial charge is 0.370 e. The third-order valence-corrected chi connectivity index (χ3v) is 4.90. The summed E-state index contributed by atoms with van der Waals surface area (Å²) in [5.74, 6) is 1.35. The second kappa shape index (κ2) is 7.70. The van der Waals surface area contributed by atoms with E-state index in [0.29, 0.717) is 17.9 Å². The molecule has 0 bridgehead atoms. The molecule has 0 saturated heterocycles. The molecule has 1 N–H and O–H groups in total. The Hall–Kier alpha value is -3.02. The first-order valence-corrected chi connectivity index (χ1v) is 9.07. The van der Waals surface area contributed by atoms with E-state index >= 15 is 0 Å². The number of hydrogen-bond donors (Lipinski definition) is 1. The van der Waals surface area contributed by atoms with Crippen molar-refractivity contribution in [3.05, 3.63) is 65.2 Å². The topological polar surface area (TPSA) is 63.3 Å². The van der Waals surface area contributed by atoms with Gasteiger partial charge in [0.15, 0.2) is 5.82 Å². The summed E-state index contributed by atoms with van der Waals surface area (Å²) in [6, 6.07) is 14.1. The van der Waals surface area contributed by atoms with E-state index in [1.807, 2.05) is 62.7 Å². The average molecular weight is 366 g/mol. The van der Waals surface area contributed by atoms with Gasteiger partial charge in [-0.25, -0.2) is 0 Å². The van der Waals surface area contributed by atoms with E-state index in [9.17, 15) is 4.79 Å². The molecule has 2 aromatic heterocycles. The number of amides is 1. The molecule has 27 heavy (non-hydrogen) atoms. The Kier molecular flexibility index (Phi) is 5.35. The van der Waals surface area contributed by atoms with Crippen LogP contribution in [0.1, 0.15) is 34.4 Å². The molecule has 0 fully saturated rings. The molecule has 0 saturated carbocycles. The van der Waals surface area contributed by atoms with Gasteiger partial charge in [-0.15, -0.1) is 0 Å². The number of hydrogen-bond acceptors (Lipinski definition) is 4. The number of carbonyl (C=O) groups is 1. The summed E-state index contributed by atoms with van der Waals surface area (Å²) < 4.78 is 7.10. The normalized spacial score (nSPS) is 12.0. The van der Waals surface area contributed by atoms with Crippen LogP contribution >= 0.6 is 0 Å². The number of nitrogens with zero attached hydrogens (tertiary/aromatic N) is 3. The number of rotatable bonds is 6. The highest BCUT2D eigenvalue weighted by Gasteiger charge is 2.19. The van der Waals surface area contributed by atoms with E-state index in [1.165, 1.54) is 0 Å². The molecule has 142 valence electrons. The molecule has 1 aromatic carbocycles. The number of anilines is 1. The molecule has 0 aliphatic heterocycles. The summed E-state index contributed by atoms with van der Waals surface area (Å²) in [6.45, 7) is 8.37. The summed E-state index contributed by atoms with van der Waals surface area (Å²) in [5.41, 5.74) is 3.57. The third-order valence-electron chi connectivity index (χ3n) is 4.90. The van der Waals surface area contributed by atoms with E-state index in [-0.39, 0.29) is 11.9 Å². The summed E-state index contributed by atoms with van der Waals surface area (Å²) in [7, 11) is 2.03. The van der Waals surface area contributed by atoms with Crippen LogP contribution in [0.5, 0.6) is 0 Å². The van der Waals surface area contributed by atoms with Crippen LogP contribution in [-0.2, 0) is 0 Å². The Morgan fingerprint density at radius 1 is 1.22 bits per heavy atom. The first-order chi connectivity index (χ1) is 12.9. The van der Waals surface area contributed by atoms with E-state index < -0.39 is 0 Å². The van der Waals surface area contributed by atoms with Crippen molar-refractivity contribution >= 4 is 11.6 Å². The number of aryl methyl sites for hydroxylation is 2. The molecule has 1 amide bonds. The Morgan fingerprint density at radius 3 is 2.56 bits per heavy atom. The van der Waals surface area contributed by atoms with Crippen LogP contribution in [0.15, 0.2) is 47.0 Å². The molecular weight excluding hydrogens is 340 g/mol. The SMILES string of the molecule is Cc1cc(-n2c(C)cc(C(=O)NCC(C)N(C)c3ccccc3)c2C)no1. The van der Waals surface area contributed by atoms with Gasteiger partial charge < -0.3 is 14.7 Å². The van der Waals surface area contributed by atoms with Gasteiger partial charge in [0.2, 0.25) is 0 Å². The standard InChI is InChI=1S/C21H26N4O2/c1-14-11-19(17(4)25(14)20-12-16(3)27-23-20)21(26)22-13-15(2)24(5)18-9-7-6-8-10-18/h6-12,15H,13H2,1-5H3,(H,22,26). The minimum atomic E-state index is -0.0807. The van der Waals surface area contributed by atoms with Crippen LogP contribution in [0.25, 0.3) is 5.82 Å². The number of aromatic nitrogens is 2. The van der Waals surface area contributed by atoms with Gasteiger partial charge in [0.1, 0.15) is 5.76 Å². The first kappa shape index (κ1) is 18.8. The molecular formula is C21H26N4O2. The molecule has 3 rings (SSSR count). The summed E-state index contributed by atoms with van der Waals surface area (Å²) in [4.78, 5) is 14.9. The highest BCUT2D eigenvalue weighted by atomic mass is 16.5. The molecule has 6 nitrogen and oxygen atoms in total. The van der Waals surface area contributed by atoms with Crippen LogP contribution < -0.4 is 10.2 Å². The molecule has 3 aromatic rings. The first-order valence-electron chi connectivity index (χ1n) is 9.07. The second-order valence-corrected chi connectivity index (χ2v) is 6.92. The second-order valence-electron chi connectivity index (χ2n) is 6.92. The Bertz CT molecular complexity index is 927. The Labute approximate surface area is 159 Å². The zero-order valence-corrected chi connectivity index (χ0v) is 16.5.